The van der Waals surface area contributed by atoms with Gasteiger partial charge in [0.1, 0.15) is 0 Å². The van der Waals surface area contributed by atoms with Crippen LogP contribution in [0.1, 0.15) is 26.2 Å². The summed E-state index contributed by atoms with van der Waals surface area (Å²) in [4.78, 5) is 0. The summed E-state index contributed by atoms with van der Waals surface area (Å²) in [5.41, 5.74) is 1.17. The van der Waals surface area contributed by atoms with Crippen LogP contribution in [-0.2, 0) is 4.74 Å². The number of hydrogen-bond donors (Lipinski definition) is 1. The maximum Gasteiger partial charge on any atom is 0.0723 e. The quantitative estimate of drug-likeness (QED) is 0.797. The summed E-state index contributed by atoms with van der Waals surface area (Å²) in [5.74, 6) is 0. The molecule has 1 saturated carbocycles. The molecular formula is C13H19NO. The molecule has 0 aliphatic heterocycles. The average molecular weight is 205 g/mol. The molecule has 0 heterocycles. The van der Waals surface area contributed by atoms with Crippen molar-refractivity contribution in [2.24, 2.45) is 0 Å². The molecule has 0 radical (unpaired) electrons. The van der Waals surface area contributed by atoms with Gasteiger partial charge in [-0.2, -0.15) is 0 Å². The predicted octanol–water partition coefficient (Wildman–Crippen LogP) is 3.06. The van der Waals surface area contributed by atoms with Gasteiger partial charge in [-0.3, -0.25) is 0 Å². The van der Waals surface area contributed by atoms with Crippen molar-refractivity contribution in [3.05, 3.63) is 30.3 Å². The van der Waals surface area contributed by atoms with Crippen molar-refractivity contribution in [3.63, 3.8) is 0 Å². The van der Waals surface area contributed by atoms with E-state index in [9.17, 15) is 0 Å². The van der Waals surface area contributed by atoms with Gasteiger partial charge < -0.3 is 10.1 Å². The zero-order valence-electron chi connectivity index (χ0n) is 9.28. The Kier molecular flexibility index (Phi) is 3.62. The summed E-state index contributed by atoms with van der Waals surface area (Å²) in [7, 11) is 0. The minimum atomic E-state index is 0.301. The maximum atomic E-state index is 5.85. The lowest BCUT2D eigenvalue weighted by molar-refractivity contribution is -0.0370. The molecule has 1 unspecified atom stereocenters. The van der Waals surface area contributed by atoms with Gasteiger partial charge in [0.05, 0.1) is 12.2 Å². The monoisotopic (exact) mass is 205 g/mol. The molecule has 2 rings (SSSR count). The van der Waals surface area contributed by atoms with Crippen LogP contribution in [0.5, 0.6) is 0 Å². The van der Waals surface area contributed by atoms with E-state index in [1.807, 2.05) is 18.2 Å². The van der Waals surface area contributed by atoms with Gasteiger partial charge in [0.15, 0.2) is 0 Å². The molecule has 0 spiro atoms. The molecule has 2 heteroatoms. The van der Waals surface area contributed by atoms with Crippen molar-refractivity contribution in [3.8, 4) is 0 Å². The van der Waals surface area contributed by atoms with Gasteiger partial charge in [0, 0.05) is 12.2 Å². The van der Waals surface area contributed by atoms with Crippen LogP contribution in [-0.4, -0.2) is 18.8 Å². The van der Waals surface area contributed by atoms with Gasteiger partial charge >= 0.3 is 0 Å². The molecule has 0 saturated heterocycles. The molecule has 1 fully saturated rings. The SMILES string of the molecule is CC(CNc1ccccc1)OC1CCC1. The molecule has 1 aliphatic carbocycles. The van der Waals surface area contributed by atoms with Crippen molar-refractivity contribution < 1.29 is 4.74 Å². The number of ether oxygens (including phenoxy) is 1. The highest BCUT2D eigenvalue weighted by atomic mass is 16.5. The van der Waals surface area contributed by atoms with E-state index in [1.54, 1.807) is 0 Å². The van der Waals surface area contributed by atoms with E-state index >= 15 is 0 Å². The third-order valence-corrected chi connectivity index (χ3v) is 2.84. The number of hydrogen-bond acceptors (Lipinski definition) is 2. The highest BCUT2D eigenvalue weighted by Crippen LogP contribution is 2.23. The molecule has 1 aromatic carbocycles. The molecule has 0 aromatic heterocycles. The lowest BCUT2D eigenvalue weighted by Gasteiger charge is -2.29. The number of para-hydroxylation sites is 1. The first-order chi connectivity index (χ1) is 7.34. The Labute approximate surface area is 91.6 Å². The fourth-order valence-corrected chi connectivity index (χ4v) is 1.70. The number of anilines is 1. The van der Waals surface area contributed by atoms with Gasteiger partial charge in [-0.15, -0.1) is 0 Å². The largest absolute Gasteiger partial charge is 0.382 e. The molecule has 82 valence electrons. The van der Waals surface area contributed by atoms with E-state index in [4.69, 9.17) is 4.74 Å². The van der Waals surface area contributed by atoms with Crippen LogP contribution in [0, 0.1) is 0 Å². The van der Waals surface area contributed by atoms with E-state index in [0.29, 0.717) is 12.2 Å². The van der Waals surface area contributed by atoms with Crippen molar-refractivity contribution in [1.29, 1.82) is 0 Å². The third kappa shape index (κ3) is 3.24. The first-order valence-electron chi connectivity index (χ1n) is 5.79. The minimum absolute atomic E-state index is 0.301. The lowest BCUT2D eigenvalue weighted by Crippen LogP contribution is -2.30. The van der Waals surface area contributed by atoms with Crippen LogP contribution in [0.3, 0.4) is 0 Å². The normalized spacial score (nSPS) is 18.2. The van der Waals surface area contributed by atoms with Gasteiger partial charge in [0.25, 0.3) is 0 Å². The first kappa shape index (κ1) is 10.5. The second-order valence-corrected chi connectivity index (χ2v) is 4.25. The Hall–Kier alpha value is -1.02. The molecular weight excluding hydrogens is 186 g/mol. The summed E-state index contributed by atoms with van der Waals surface area (Å²) in [6.07, 6.45) is 4.66. The van der Waals surface area contributed by atoms with Gasteiger partial charge in [-0.25, -0.2) is 0 Å². The topological polar surface area (TPSA) is 21.3 Å². The maximum absolute atomic E-state index is 5.85. The Morgan fingerprint density at radius 3 is 2.67 bits per heavy atom. The van der Waals surface area contributed by atoms with Crippen LogP contribution < -0.4 is 5.32 Å². The van der Waals surface area contributed by atoms with E-state index in [1.165, 1.54) is 24.9 Å². The minimum Gasteiger partial charge on any atom is -0.382 e. The van der Waals surface area contributed by atoms with Crippen LogP contribution >= 0.6 is 0 Å². The lowest BCUT2D eigenvalue weighted by atomic mass is 9.96. The third-order valence-electron chi connectivity index (χ3n) is 2.84. The summed E-state index contributed by atoms with van der Waals surface area (Å²) >= 11 is 0. The van der Waals surface area contributed by atoms with Crippen LogP contribution in [0.4, 0.5) is 5.69 Å². The number of rotatable bonds is 5. The van der Waals surface area contributed by atoms with Crippen molar-refractivity contribution in [2.75, 3.05) is 11.9 Å². The van der Waals surface area contributed by atoms with E-state index in [0.717, 1.165) is 6.54 Å². The zero-order chi connectivity index (χ0) is 10.5. The van der Waals surface area contributed by atoms with Gasteiger partial charge in [0.2, 0.25) is 0 Å². The predicted molar refractivity (Wildman–Crippen MR) is 63.1 cm³/mol. The molecule has 0 bridgehead atoms. The van der Waals surface area contributed by atoms with Gasteiger partial charge in [-0.1, -0.05) is 18.2 Å². The van der Waals surface area contributed by atoms with E-state index < -0.39 is 0 Å². The molecule has 1 N–H and O–H groups in total. The number of benzene rings is 1. The molecule has 1 atom stereocenters. The van der Waals surface area contributed by atoms with Crippen LogP contribution in [0.2, 0.25) is 0 Å². The standard InChI is InChI=1S/C13H19NO/c1-11(15-13-8-5-9-13)10-14-12-6-3-2-4-7-12/h2-4,6-7,11,13-14H,5,8-10H2,1H3. The fraction of sp³-hybridized carbons (Fsp3) is 0.538. The average Bonchev–Trinajstić information content (AvgIpc) is 2.22. The number of nitrogens with one attached hydrogen (secondary N) is 1. The first-order valence-corrected chi connectivity index (χ1v) is 5.79. The van der Waals surface area contributed by atoms with Gasteiger partial charge in [-0.05, 0) is 38.3 Å². The second kappa shape index (κ2) is 5.17. The molecule has 1 aliphatic rings. The molecule has 2 nitrogen and oxygen atoms in total. The Morgan fingerprint density at radius 1 is 1.33 bits per heavy atom. The van der Waals surface area contributed by atoms with Crippen molar-refractivity contribution in [1.82, 2.24) is 0 Å². The summed E-state index contributed by atoms with van der Waals surface area (Å²) in [6, 6.07) is 10.3. The smallest absolute Gasteiger partial charge is 0.0723 e. The van der Waals surface area contributed by atoms with Crippen molar-refractivity contribution >= 4 is 5.69 Å². The Bertz CT molecular complexity index is 282. The highest BCUT2D eigenvalue weighted by molar-refractivity contribution is 5.42. The zero-order valence-corrected chi connectivity index (χ0v) is 9.28. The van der Waals surface area contributed by atoms with Crippen LogP contribution in [0.25, 0.3) is 0 Å². The summed E-state index contributed by atoms with van der Waals surface area (Å²) in [6.45, 7) is 3.02. The Morgan fingerprint density at radius 2 is 2.07 bits per heavy atom. The Balaban J connectivity index is 1.68. The molecule has 1 aromatic rings. The second-order valence-electron chi connectivity index (χ2n) is 4.25. The summed E-state index contributed by atoms with van der Waals surface area (Å²) < 4.78 is 5.85. The molecule has 0 amide bonds. The van der Waals surface area contributed by atoms with Crippen LogP contribution in [0.15, 0.2) is 30.3 Å². The molecule has 15 heavy (non-hydrogen) atoms. The summed E-state index contributed by atoms with van der Waals surface area (Å²) in [5, 5.41) is 3.37. The van der Waals surface area contributed by atoms with E-state index in [2.05, 4.69) is 24.4 Å². The van der Waals surface area contributed by atoms with E-state index in [-0.39, 0.29) is 0 Å². The van der Waals surface area contributed by atoms with Crippen molar-refractivity contribution in [2.45, 2.75) is 38.4 Å². The highest BCUT2D eigenvalue weighted by Gasteiger charge is 2.20. The fourth-order valence-electron chi connectivity index (χ4n) is 1.70.